The van der Waals surface area contributed by atoms with Crippen molar-refractivity contribution in [2.24, 2.45) is 0 Å². The van der Waals surface area contributed by atoms with Gasteiger partial charge in [-0.05, 0) is 26.0 Å². The molecule has 1 aliphatic rings. The predicted octanol–water partition coefficient (Wildman–Crippen LogP) is 3.01. The molecule has 7 heteroatoms. The number of methoxy groups -OCH3 is 1. The van der Waals surface area contributed by atoms with Crippen molar-refractivity contribution in [3.8, 4) is 5.75 Å². The summed E-state index contributed by atoms with van der Waals surface area (Å²) in [5.74, 6) is 0.333. The number of ether oxygens (including phenoxy) is 2. The molecule has 0 saturated carbocycles. The Morgan fingerprint density at radius 1 is 1.36 bits per heavy atom. The van der Waals surface area contributed by atoms with Crippen molar-refractivity contribution in [3.05, 3.63) is 40.9 Å². The Morgan fingerprint density at radius 2 is 2.08 bits per heavy atom. The van der Waals surface area contributed by atoms with Gasteiger partial charge < -0.3 is 9.47 Å². The van der Waals surface area contributed by atoms with Crippen LogP contribution in [-0.4, -0.2) is 48.2 Å². The standard InChI is InChI=1S/C18H23N3O3S/c1-12-8-21(9-13(2)24-12)10-14-11-25-18(19-14)20-17(22)15-6-4-5-7-16(15)23-3/h4-7,11-13H,8-10H2,1-3H3,(H,19,20,22). The van der Waals surface area contributed by atoms with E-state index >= 15 is 0 Å². The molecule has 0 radical (unpaired) electrons. The highest BCUT2D eigenvalue weighted by molar-refractivity contribution is 7.14. The second kappa shape index (κ2) is 7.95. The number of morpholine rings is 1. The van der Waals surface area contributed by atoms with E-state index in [-0.39, 0.29) is 18.1 Å². The highest BCUT2D eigenvalue weighted by Crippen LogP contribution is 2.22. The molecule has 3 rings (SSSR count). The summed E-state index contributed by atoms with van der Waals surface area (Å²) >= 11 is 1.43. The zero-order valence-corrected chi connectivity index (χ0v) is 15.5. The number of hydrogen-bond donors (Lipinski definition) is 1. The quantitative estimate of drug-likeness (QED) is 0.887. The molecule has 1 amide bonds. The van der Waals surface area contributed by atoms with Crippen LogP contribution in [0.1, 0.15) is 29.9 Å². The van der Waals surface area contributed by atoms with E-state index < -0.39 is 0 Å². The first kappa shape index (κ1) is 17.8. The molecule has 25 heavy (non-hydrogen) atoms. The summed E-state index contributed by atoms with van der Waals surface area (Å²) < 4.78 is 11.0. The van der Waals surface area contributed by atoms with Crippen molar-refractivity contribution in [1.82, 2.24) is 9.88 Å². The van der Waals surface area contributed by atoms with Crippen LogP contribution in [0.2, 0.25) is 0 Å². The largest absolute Gasteiger partial charge is 0.496 e. The van der Waals surface area contributed by atoms with Gasteiger partial charge in [-0.25, -0.2) is 4.98 Å². The first-order chi connectivity index (χ1) is 12.0. The van der Waals surface area contributed by atoms with Gasteiger partial charge in [-0.3, -0.25) is 15.0 Å². The van der Waals surface area contributed by atoms with Crippen LogP contribution in [0.4, 0.5) is 5.13 Å². The van der Waals surface area contributed by atoms with Crippen LogP contribution in [0.25, 0.3) is 0 Å². The maximum Gasteiger partial charge on any atom is 0.261 e. The third-order valence-electron chi connectivity index (χ3n) is 4.00. The Kier molecular flexibility index (Phi) is 5.67. The molecule has 1 aromatic heterocycles. The van der Waals surface area contributed by atoms with Gasteiger partial charge in [-0.15, -0.1) is 11.3 Å². The molecular weight excluding hydrogens is 338 g/mol. The first-order valence-electron chi connectivity index (χ1n) is 8.31. The number of carbonyl (C=O) groups is 1. The average Bonchev–Trinajstić information content (AvgIpc) is 3.00. The summed E-state index contributed by atoms with van der Waals surface area (Å²) in [6.45, 7) is 6.72. The summed E-state index contributed by atoms with van der Waals surface area (Å²) in [6.07, 6.45) is 0.458. The number of aromatic nitrogens is 1. The van der Waals surface area contributed by atoms with Crippen LogP contribution in [0.5, 0.6) is 5.75 Å². The minimum absolute atomic E-state index is 0.216. The molecule has 2 aromatic rings. The van der Waals surface area contributed by atoms with Gasteiger partial charge in [0.05, 0.1) is 30.6 Å². The number of thiazole rings is 1. The minimum atomic E-state index is -0.216. The Morgan fingerprint density at radius 3 is 2.80 bits per heavy atom. The van der Waals surface area contributed by atoms with E-state index in [0.29, 0.717) is 16.4 Å². The molecule has 2 unspecified atom stereocenters. The maximum atomic E-state index is 12.4. The maximum absolute atomic E-state index is 12.4. The van der Waals surface area contributed by atoms with Crippen molar-refractivity contribution in [2.75, 3.05) is 25.5 Å². The van der Waals surface area contributed by atoms with Crippen LogP contribution < -0.4 is 10.1 Å². The molecule has 1 aromatic carbocycles. The van der Waals surface area contributed by atoms with Crippen LogP contribution in [0.3, 0.4) is 0 Å². The van der Waals surface area contributed by atoms with E-state index in [1.807, 2.05) is 17.5 Å². The fourth-order valence-corrected chi connectivity index (χ4v) is 3.77. The van der Waals surface area contributed by atoms with E-state index in [9.17, 15) is 4.79 Å². The van der Waals surface area contributed by atoms with Gasteiger partial charge in [0.1, 0.15) is 5.75 Å². The number of rotatable bonds is 5. The number of para-hydroxylation sites is 1. The molecule has 0 bridgehead atoms. The molecule has 1 fully saturated rings. The number of anilines is 1. The second-order valence-electron chi connectivity index (χ2n) is 6.25. The van der Waals surface area contributed by atoms with Gasteiger partial charge in [-0.2, -0.15) is 0 Å². The fraction of sp³-hybridized carbons (Fsp3) is 0.444. The zero-order valence-electron chi connectivity index (χ0n) is 14.7. The average molecular weight is 361 g/mol. The van der Waals surface area contributed by atoms with E-state index in [0.717, 1.165) is 25.3 Å². The van der Waals surface area contributed by atoms with Crippen LogP contribution in [0, 0.1) is 0 Å². The van der Waals surface area contributed by atoms with Crippen molar-refractivity contribution in [2.45, 2.75) is 32.6 Å². The fourth-order valence-electron chi connectivity index (χ4n) is 3.08. The lowest BCUT2D eigenvalue weighted by molar-refractivity contribution is -0.0707. The molecule has 1 aliphatic heterocycles. The van der Waals surface area contributed by atoms with Gasteiger partial charge in [-0.1, -0.05) is 12.1 Å². The highest BCUT2D eigenvalue weighted by atomic mass is 32.1. The zero-order chi connectivity index (χ0) is 17.8. The van der Waals surface area contributed by atoms with Gasteiger partial charge in [0, 0.05) is 25.0 Å². The number of carbonyl (C=O) groups excluding carboxylic acids is 1. The van der Waals surface area contributed by atoms with E-state index in [1.54, 1.807) is 19.2 Å². The number of hydrogen-bond acceptors (Lipinski definition) is 6. The second-order valence-corrected chi connectivity index (χ2v) is 7.11. The summed E-state index contributed by atoms with van der Waals surface area (Å²) in [5.41, 5.74) is 1.46. The smallest absolute Gasteiger partial charge is 0.261 e. The summed E-state index contributed by atoms with van der Waals surface area (Å²) in [6, 6.07) is 7.15. The van der Waals surface area contributed by atoms with E-state index in [1.165, 1.54) is 11.3 Å². The van der Waals surface area contributed by atoms with Gasteiger partial charge in [0.15, 0.2) is 5.13 Å². The Bertz CT molecular complexity index is 724. The van der Waals surface area contributed by atoms with Crippen molar-refractivity contribution in [1.29, 1.82) is 0 Å². The van der Waals surface area contributed by atoms with Crippen molar-refractivity contribution in [3.63, 3.8) is 0 Å². The van der Waals surface area contributed by atoms with E-state index in [2.05, 4.69) is 29.0 Å². The molecule has 134 valence electrons. The Labute approximate surface area is 151 Å². The van der Waals surface area contributed by atoms with Crippen LogP contribution in [0.15, 0.2) is 29.6 Å². The summed E-state index contributed by atoms with van der Waals surface area (Å²) in [5, 5.41) is 5.44. The number of nitrogens with one attached hydrogen (secondary N) is 1. The number of nitrogens with zero attached hydrogens (tertiary/aromatic N) is 2. The third-order valence-corrected chi connectivity index (χ3v) is 4.81. The molecule has 1 N–H and O–H groups in total. The van der Waals surface area contributed by atoms with E-state index in [4.69, 9.17) is 9.47 Å². The Hall–Kier alpha value is -1.96. The summed E-state index contributed by atoms with van der Waals surface area (Å²) in [7, 11) is 1.55. The lowest BCUT2D eigenvalue weighted by atomic mass is 10.2. The molecule has 2 atom stereocenters. The molecule has 6 nitrogen and oxygen atoms in total. The Balaban J connectivity index is 1.62. The van der Waals surface area contributed by atoms with Crippen LogP contribution >= 0.6 is 11.3 Å². The molecule has 1 saturated heterocycles. The van der Waals surface area contributed by atoms with Gasteiger partial charge >= 0.3 is 0 Å². The van der Waals surface area contributed by atoms with Crippen LogP contribution in [-0.2, 0) is 11.3 Å². The topological polar surface area (TPSA) is 63.7 Å². The normalized spacial score (nSPS) is 21.1. The van der Waals surface area contributed by atoms with Crippen molar-refractivity contribution < 1.29 is 14.3 Å². The number of benzene rings is 1. The lowest BCUT2D eigenvalue weighted by Crippen LogP contribution is -2.44. The minimum Gasteiger partial charge on any atom is -0.496 e. The monoisotopic (exact) mass is 361 g/mol. The van der Waals surface area contributed by atoms with Crippen molar-refractivity contribution >= 4 is 22.4 Å². The first-order valence-corrected chi connectivity index (χ1v) is 9.19. The lowest BCUT2D eigenvalue weighted by Gasteiger charge is -2.34. The molecule has 0 spiro atoms. The highest BCUT2D eigenvalue weighted by Gasteiger charge is 2.23. The SMILES string of the molecule is COc1ccccc1C(=O)Nc1nc(CN2CC(C)OC(C)C2)cs1. The van der Waals surface area contributed by atoms with Gasteiger partial charge in [0.25, 0.3) is 5.91 Å². The molecule has 2 heterocycles. The molecule has 0 aliphatic carbocycles. The summed E-state index contributed by atoms with van der Waals surface area (Å²) in [4.78, 5) is 19.3. The van der Waals surface area contributed by atoms with Gasteiger partial charge in [0.2, 0.25) is 0 Å². The number of amides is 1. The predicted molar refractivity (Wildman–Crippen MR) is 98.3 cm³/mol. The molecular formula is C18H23N3O3S. The third kappa shape index (κ3) is 4.56.